The molecule has 0 heterocycles. The summed E-state index contributed by atoms with van der Waals surface area (Å²) in [5, 5.41) is 11.2. The lowest BCUT2D eigenvalue weighted by Gasteiger charge is -2.18. The predicted molar refractivity (Wildman–Crippen MR) is 106 cm³/mol. The number of halogens is 2. The number of rotatable bonds is 8. The fraction of sp³-hybridized carbons (Fsp3) is 0.278. The zero-order chi connectivity index (χ0) is 19.3. The molecule has 0 aliphatic heterocycles. The molecular formula is C18H17Br2NO5. The molecule has 0 saturated heterocycles. The van der Waals surface area contributed by atoms with E-state index in [1.54, 1.807) is 18.2 Å². The number of ether oxygens (including phenoxy) is 2. The molecule has 2 atom stereocenters. The number of methoxy groups -OCH3 is 1. The van der Waals surface area contributed by atoms with Crippen molar-refractivity contribution in [1.29, 1.82) is 0 Å². The maximum atomic E-state index is 12.8. The highest BCUT2D eigenvalue weighted by molar-refractivity contribution is 9.12. The molecule has 8 heteroatoms. The van der Waals surface area contributed by atoms with Crippen molar-refractivity contribution in [2.75, 3.05) is 13.7 Å². The first-order valence-electron chi connectivity index (χ1n) is 7.77. The molecule has 0 aromatic heterocycles. The van der Waals surface area contributed by atoms with Gasteiger partial charge in [-0.25, -0.2) is 0 Å². The predicted octanol–water partition coefficient (Wildman–Crippen LogP) is 5.08. The van der Waals surface area contributed by atoms with Gasteiger partial charge in [0.1, 0.15) is 0 Å². The highest BCUT2D eigenvalue weighted by Crippen LogP contribution is 2.38. The number of ketones is 1. The largest absolute Gasteiger partial charge is 0.493 e. The Morgan fingerprint density at radius 1 is 1.19 bits per heavy atom. The van der Waals surface area contributed by atoms with Crippen molar-refractivity contribution >= 4 is 43.3 Å². The minimum Gasteiger partial charge on any atom is -0.493 e. The number of nitro groups is 1. The van der Waals surface area contributed by atoms with Gasteiger partial charge in [0.2, 0.25) is 0 Å². The summed E-state index contributed by atoms with van der Waals surface area (Å²) in [5.41, 5.74) is 0.617. The van der Waals surface area contributed by atoms with E-state index in [-0.39, 0.29) is 17.0 Å². The summed E-state index contributed by atoms with van der Waals surface area (Å²) in [5.74, 6) is 0.772. The van der Waals surface area contributed by atoms with E-state index in [4.69, 9.17) is 9.47 Å². The average Bonchev–Trinajstić information content (AvgIpc) is 2.66. The van der Waals surface area contributed by atoms with E-state index in [1.165, 1.54) is 25.3 Å². The molecule has 138 valence electrons. The monoisotopic (exact) mass is 485 g/mol. The topological polar surface area (TPSA) is 78.7 Å². The first-order valence-corrected chi connectivity index (χ1v) is 9.60. The van der Waals surface area contributed by atoms with Crippen LogP contribution in [-0.4, -0.2) is 29.3 Å². The second kappa shape index (κ2) is 9.14. The molecule has 2 rings (SSSR count). The van der Waals surface area contributed by atoms with Crippen LogP contribution in [0, 0.1) is 10.1 Å². The van der Waals surface area contributed by atoms with Crippen molar-refractivity contribution in [2.45, 2.75) is 16.6 Å². The van der Waals surface area contributed by atoms with Gasteiger partial charge in [-0.2, -0.15) is 0 Å². The molecule has 6 nitrogen and oxygen atoms in total. The summed E-state index contributed by atoms with van der Waals surface area (Å²) in [4.78, 5) is 22.3. The Hall–Kier alpha value is -1.93. The van der Waals surface area contributed by atoms with Crippen molar-refractivity contribution < 1.29 is 19.2 Å². The molecule has 0 N–H and O–H groups in total. The lowest BCUT2D eigenvalue weighted by molar-refractivity contribution is -0.385. The zero-order valence-electron chi connectivity index (χ0n) is 14.1. The number of nitrogens with zero attached hydrogens (tertiary/aromatic N) is 1. The van der Waals surface area contributed by atoms with Gasteiger partial charge in [0.05, 0.1) is 33.9 Å². The Bertz CT molecular complexity index is 812. The molecule has 0 aliphatic carbocycles. The van der Waals surface area contributed by atoms with E-state index in [9.17, 15) is 14.9 Å². The summed E-state index contributed by atoms with van der Waals surface area (Å²) in [6.45, 7) is 2.38. The van der Waals surface area contributed by atoms with E-state index in [0.29, 0.717) is 18.1 Å². The van der Waals surface area contributed by atoms with Gasteiger partial charge in [0, 0.05) is 6.07 Å². The highest BCUT2D eigenvalue weighted by Gasteiger charge is 2.30. The van der Waals surface area contributed by atoms with Crippen LogP contribution in [0.1, 0.15) is 27.7 Å². The normalized spacial score (nSPS) is 12.9. The summed E-state index contributed by atoms with van der Waals surface area (Å²) < 4.78 is 10.8. The van der Waals surface area contributed by atoms with E-state index < -0.39 is 14.6 Å². The molecule has 2 aromatic rings. The minimum absolute atomic E-state index is 0.0572. The van der Waals surface area contributed by atoms with Crippen molar-refractivity contribution in [1.82, 2.24) is 0 Å². The summed E-state index contributed by atoms with van der Waals surface area (Å²) in [7, 11) is 1.54. The van der Waals surface area contributed by atoms with Crippen LogP contribution in [0.2, 0.25) is 0 Å². The first kappa shape index (κ1) is 20.4. The Morgan fingerprint density at radius 3 is 2.50 bits per heavy atom. The van der Waals surface area contributed by atoms with E-state index in [1.807, 2.05) is 13.0 Å². The van der Waals surface area contributed by atoms with Crippen LogP contribution in [0.5, 0.6) is 11.5 Å². The molecule has 0 radical (unpaired) electrons. The highest BCUT2D eigenvalue weighted by atomic mass is 79.9. The fourth-order valence-corrected chi connectivity index (χ4v) is 3.50. The maximum absolute atomic E-state index is 12.8. The molecule has 0 unspecified atom stereocenters. The van der Waals surface area contributed by atoms with Crippen LogP contribution >= 0.6 is 31.9 Å². The minimum atomic E-state index is -0.703. The smallest absolute Gasteiger partial charge is 0.280 e. The number of hydrogen-bond acceptors (Lipinski definition) is 5. The molecular weight excluding hydrogens is 470 g/mol. The number of carbonyl (C=O) groups excluding carboxylic acids is 1. The number of alkyl halides is 2. The summed E-state index contributed by atoms with van der Waals surface area (Å²) in [6.07, 6.45) is 0. The second-order valence-corrected chi connectivity index (χ2v) is 7.26. The zero-order valence-corrected chi connectivity index (χ0v) is 17.3. The number of carbonyl (C=O) groups is 1. The molecule has 0 fully saturated rings. The van der Waals surface area contributed by atoms with Gasteiger partial charge >= 0.3 is 0 Å². The Kier molecular flexibility index (Phi) is 7.16. The van der Waals surface area contributed by atoms with Crippen molar-refractivity contribution in [3.05, 3.63) is 63.7 Å². The Morgan fingerprint density at radius 2 is 1.88 bits per heavy atom. The fourth-order valence-electron chi connectivity index (χ4n) is 2.42. The first-order chi connectivity index (χ1) is 12.4. The van der Waals surface area contributed by atoms with Crippen LogP contribution in [0.3, 0.4) is 0 Å². The summed E-state index contributed by atoms with van der Waals surface area (Å²) in [6, 6.07) is 11.2. The summed E-state index contributed by atoms with van der Waals surface area (Å²) >= 11 is 6.87. The quantitative estimate of drug-likeness (QED) is 0.225. The molecule has 2 aromatic carbocycles. The SMILES string of the molecule is CCOc1ccc([C@H](Br)[C@H](Br)C(=O)c2ccccc2[N+](=O)[O-])cc1OC. The van der Waals surface area contributed by atoms with Crippen molar-refractivity contribution in [2.24, 2.45) is 0 Å². The number of hydrogen-bond donors (Lipinski definition) is 0. The third-order valence-corrected chi connectivity index (χ3v) is 6.39. The van der Waals surface area contributed by atoms with Crippen LogP contribution in [0.4, 0.5) is 5.69 Å². The van der Waals surface area contributed by atoms with Crippen molar-refractivity contribution in [3.63, 3.8) is 0 Å². The molecule has 0 saturated carbocycles. The standard InChI is InChI=1S/C18H17Br2NO5/c1-3-26-14-9-8-11(10-15(14)25-2)16(19)17(20)18(22)12-6-4-5-7-13(12)21(23)24/h4-10,16-17H,3H2,1-2H3/t16-,17-/m0/s1. The number of para-hydroxylation sites is 1. The number of benzene rings is 2. The van der Waals surface area contributed by atoms with Crippen molar-refractivity contribution in [3.8, 4) is 11.5 Å². The molecule has 0 amide bonds. The molecule has 0 aliphatic rings. The third-order valence-electron chi connectivity index (χ3n) is 3.68. The molecule has 0 bridgehead atoms. The van der Waals surface area contributed by atoms with Crippen LogP contribution < -0.4 is 9.47 Å². The van der Waals surface area contributed by atoms with Crippen LogP contribution in [0.15, 0.2) is 42.5 Å². The van der Waals surface area contributed by atoms with Gasteiger partial charge < -0.3 is 9.47 Å². The van der Waals surface area contributed by atoms with E-state index in [2.05, 4.69) is 31.9 Å². The van der Waals surface area contributed by atoms with Gasteiger partial charge in [-0.3, -0.25) is 14.9 Å². The van der Waals surface area contributed by atoms with Gasteiger partial charge in [-0.05, 0) is 30.7 Å². The van der Waals surface area contributed by atoms with Crippen LogP contribution in [-0.2, 0) is 0 Å². The van der Waals surface area contributed by atoms with Crippen LogP contribution in [0.25, 0.3) is 0 Å². The average molecular weight is 487 g/mol. The second-order valence-electron chi connectivity index (χ2n) is 5.29. The number of nitro benzene ring substituents is 1. The third kappa shape index (κ3) is 4.42. The van der Waals surface area contributed by atoms with Gasteiger partial charge in [-0.15, -0.1) is 0 Å². The van der Waals surface area contributed by atoms with Gasteiger partial charge in [0.25, 0.3) is 5.69 Å². The molecule has 26 heavy (non-hydrogen) atoms. The van der Waals surface area contributed by atoms with Gasteiger partial charge in [0.15, 0.2) is 17.3 Å². The Labute approximate surface area is 167 Å². The lowest BCUT2D eigenvalue weighted by Crippen LogP contribution is -2.20. The maximum Gasteiger partial charge on any atom is 0.280 e. The van der Waals surface area contributed by atoms with Gasteiger partial charge in [-0.1, -0.05) is 50.1 Å². The van der Waals surface area contributed by atoms with E-state index >= 15 is 0 Å². The number of Topliss-reactive ketones (excluding diaryl/α,β-unsaturated/α-hetero) is 1. The molecule has 0 spiro atoms. The lowest BCUT2D eigenvalue weighted by atomic mass is 10.0. The van der Waals surface area contributed by atoms with E-state index in [0.717, 1.165) is 5.56 Å². The Balaban J connectivity index is 2.31.